The maximum absolute atomic E-state index is 13.0. The Morgan fingerprint density at radius 2 is 1.52 bits per heavy atom. The molecule has 1 heterocycles. The highest BCUT2D eigenvalue weighted by molar-refractivity contribution is 5.90. The molecular weight excluding hydrogens is 384 g/mol. The first-order valence-electron chi connectivity index (χ1n) is 10.3. The fraction of sp³-hybridized carbons (Fsp3) is 0.115. The molecule has 0 radical (unpaired) electrons. The summed E-state index contributed by atoms with van der Waals surface area (Å²) in [5, 5.41) is 11.3. The maximum Gasteiger partial charge on any atom is 0.244 e. The summed E-state index contributed by atoms with van der Waals surface area (Å²) in [7, 11) is 0. The largest absolute Gasteiger partial charge is 0.277 e. The first-order valence-corrected chi connectivity index (χ1v) is 10.3. The van der Waals surface area contributed by atoms with Gasteiger partial charge in [-0.05, 0) is 17.5 Å². The van der Waals surface area contributed by atoms with Crippen molar-refractivity contribution in [3.05, 3.63) is 114 Å². The molecule has 5 nitrogen and oxygen atoms in total. The molecule has 2 N–H and O–H groups in total. The van der Waals surface area contributed by atoms with E-state index >= 15 is 0 Å². The molecule has 0 saturated heterocycles. The van der Waals surface area contributed by atoms with Crippen LogP contribution in [0.3, 0.4) is 0 Å². The number of nitrogens with zero attached hydrogens (tertiary/aromatic N) is 2. The fourth-order valence-electron chi connectivity index (χ4n) is 4.33. The van der Waals surface area contributed by atoms with Gasteiger partial charge < -0.3 is 0 Å². The Labute approximate surface area is 180 Å². The van der Waals surface area contributed by atoms with Gasteiger partial charge in [0.2, 0.25) is 5.91 Å². The molecule has 0 aliphatic heterocycles. The molecule has 1 aliphatic rings. The fourth-order valence-corrected chi connectivity index (χ4v) is 4.33. The Morgan fingerprint density at radius 3 is 2.13 bits per heavy atom. The van der Waals surface area contributed by atoms with E-state index in [1.165, 1.54) is 0 Å². The number of carbonyl (C=O) groups excluding carboxylic acids is 1. The summed E-state index contributed by atoms with van der Waals surface area (Å²) in [4.78, 5) is 13.0. The number of amides is 1. The molecule has 31 heavy (non-hydrogen) atoms. The van der Waals surface area contributed by atoms with Crippen LogP contribution >= 0.6 is 0 Å². The van der Waals surface area contributed by atoms with E-state index in [1.54, 1.807) is 12.4 Å². The molecule has 1 aromatic heterocycles. The lowest BCUT2D eigenvalue weighted by molar-refractivity contribution is -0.122. The molecule has 5 heteroatoms. The van der Waals surface area contributed by atoms with Gasteiger partial charge in [-0.25, -0.2) is 5.43 Å². The first kappa shape index (κ1) is 19.0. The minimum absolute atomic E-state index is 0.0753. The number of rotatable bonds is 6. The van der Waals surface area contributed by atoms with Gasteiger partial charge in [0, 0.05) is 16.5 Å². The Balaban J connectivity index is 1.35. The molecule has 4 aromatic rings. The van der Waals surface area contributed by atoms with Crippen LogP contribution in [0.2, 0.25) is 0 Å². The van der Waals surface area contributed by atoms with Gasteiger partial charge in [-0.3, -0.25) is 9.89 Å². The second-order valence-corrected chi connectivity index (χ2v) is 7.76. The summed E-state index contributed by atoms with van der Waals surface area (Å²) in [6, 6.07) is 30.4. The van der Waals surface area contributed by atoms with Gasteiger partial charge in [-0.15, -0.1) is 0 Å². The number of aromatic amines is 1. The summed E-state index contributed by atoms with van der Waals surface area (Å²) in [5.74, 6) is -0.235. The smallest absolute Gasteiger partial charge is 0.244 e. The van der Waals surface area contributed by atoms with E-state index in [4.69, 9.17) is 0 Å². The Morgan fingerprint density at radius 1 is 0.935 bits per heavy atom. The molecule has 1 aliphatic carbocycles. The van der Waals surface area contributed by atoms with Gasteiger partial charge in [-0.2, -0.15) is 10.2 Å². The standard InChI is InChI=1S/C26H22N4O/c31-25(30-28-18-20-17-27-29-24(20)19-10-4-1-5-11-19)23-16-26(23,21-12-6-2-7-13-21)22-14-8-3-9-15-22/h1-15,17-18,23H,16H2,(H,27,29)(H,30,31)/b28-18+. The van der Waals surface area contributed by atoms with E-state index in [2.05, 4.69) is 45.0 Å². The predicted octanol–water partition coefficient (Wildman–Crippen LogP) is 4.53. The number of benzene rings is 3. The van der Waals surface area contributed by atoms with Crippen LogP contribution in [0.15, 0.2) is 102 Å². The first-order chi connectivity index (χ1) is 15.3. The summed E-state index contributed by atoms with van der Waals surface area (Å²) in [6.07, 6.45) is 4.11. The monoisotopic (exact) mass is 406 g/mol. The van der Waals surface area contributed by atoms with Crippen molar-refractivity contribution in [1.29, 1.82) is 0 Å². The van der Waals surface area contributed by atoms with Crippen molar-refractivity contribution in [1.82, 2.24) is 15.6 Å². The van der Waals surface area contributed by atoms with E-state index in [9.17, 15) is 4.79 Å². The number of hydrogen-bond acceptors (Lipinski definition) is 3. The van der Waals surface area contributed by atoms with Gasteiger partial charge in [-0.1, -0.05) is 91.0 Å². The minimum Gasteiger partial charge on any atom is -0.277 e. The lowest BCUT2D eigenvalue weighted by Crippen LogP contribution is -2.25. The number of carbonyl (C=O) groups is 1. The third-order valence-corrected chi connectivity index (χ3v) is 5.96. The molecule has 1 unspecified atom stereocenters. The zero-order chi connectivity index (χ0) is 21.1. The van der Waals surface area contributed by atoms with E-state index in [1.807, 2.05) is 66.7 Å². The lowest BCUT2D eigenvalue weighted by atomic mass is 9.85. The highest BCUT2D eigenvalue weighted by Crippen LogP contribution is 2.58. The summed E-state index contributed by atoms with van der Waals surface area (Å²) in [5.41, 5.74) is 7.47. The quantitative estimate of drug-likeness (QED) is 0.365. The maximum atomic E-state index is 13.0. The van der Waals surface area contributed by atoms with E-state index in [0.29, 0.717) is 0 Å². The Hall–Kier alpha value is -3.99. The van der Waals surface area contributed by atoms with Crippen molar-refractivity contribution in [3.63, 3.8) is 0 Å². The molecule has 0 spiro atoms. The SMILES string of the molecule is O=C(N/N=C/c1cn[nH]c1-c1ccccc1)C1CC1(c1ccccc1)c1ccccc1. The molecule has 0 bridgehead atoms. The van der Waals surface area contributed by atoms with Crippen molar-refractivity contribution in [3.8, 4) is 11.3 Å². The van der Waals surface area contributed by atoms with E-state index in [0.717, 1.165) is 34.4 Å². The van der Waals surface area contributed by atoms with Gasteiger partial charge in [0.15, 0.2) is 0 Å². The van der Waals surface area contributed by atoms with Gasteiger partial charge >= 0.3 is 0 Å². The third kappa shape index (κ3) is 3.55. The average molecular weight is 406 g/mol. The van der Waals surface area contributed by atoms with Crippen LogP contribution in [-0.2, 0) is 10.2 Å². The zero-order valence-corrected chi connectivity index (χ0v) is 16.9. The summed E-state index contributed by atoms with van der Waals surface area (Å²) in [6.45, 7) is 0. The van der Waals surface area contributed by atoms with Crippen LogP contribution in [0.4, 0.5) is 0 Å². The van der Waals surface area contributed by atoms with Crippen LogP contribution in [0.5, 0.6) is 0 Å². The molecule has 1 amide bonds. The number of hydrogen-bond donors (Lipinski definition) is 2. The Bertz CT molecular complexity index is 1160. The number of hydrazone groups is 1. The van der Waals surface area contributed by atoms with E-state index in [-0.39, 0.29) is 17.2 Å². The van der Waals surface area contributed by atoms with Gasteiger partial charge in [0.1, 0.15) is 0 Å². The normalized spacial score (nSPS) is 16.8. The average Bonchev–Trinajstić information content (AvgIpc) is 3.44. The highest BCUT2D eigenvalue weighted by Gasteiger charge is 2.60. The molecule has 1 saturated carbocycles. The van der Waals surface area contributed by atoms with Crippen LogP contribution in [0.1, 0.15) is 23.1 Å². The second kappa shape index (κ2) is 8.03. The van der Waals surface area contributed by atoms with Crippen LogP contribution in [0.25, 0.3) is 11.3 Å². The minimum atomic E-state index is -0.299. The van der Waals surface area contributed by atoms with Gasteiger partial charge in [0.05, 0.1) is 24.0 Å². The van der Waals surface area contributed by atoms with E-state index < -0.39 is 0 Å². The molecule has 3 aromatic carbocycles. The predicted molar refractivity (Wildman–Crippen MR) is 122 cm³/mol. The second-order valence-electron chi connectivity index (χ2n) is 7.76. The highest BCUT2D eigenvalue weighted by atomic mass is 16.2. The van der Waals surface area contributed by atoms with Crippen molar-refractivity contribution in [2.45, 2.75) is 11.8 Å². The lowest BCUT2D eigenvalue weighted by Gasteiger charge is -2.18. The van der Waals surface area contributed by atoms with Crippen molar-refractivity contribution in [2.75, 3.05) is 0 Å². The Kier molecular flexibility index (Phi) is 4.92. The number of nitrogens with one attached hydrogen (secondary N) is 2. The van der Waals surface area contributed by atoms with Crippen LogP contribution in [0, 0.1) is 5.92 Å². The summed E-state index contributed by atoms with van der Waals surface area (Å²) >= 11 is 0. The third-order valence-electron chi connectivity index (χ3n) is 5.96. The number of H-pyrrole nitrogens is 1. The number of aromatic nitrogens is 2. The van der Waals surface area contributed by atoms with Gasteiger partial charge in [0.25, 0.3) is 0 Å². The molecule has 5 rings (SSSR count). The topological polar surface area (TPSA) is 70.1 Å². The molecule has 1 fully saturated rings. The van der Waals surface area contributed by atoms with Crippen LogP contribution in [-0.4, -0.2) is 22.3 Å². The van der Waals surface area contributed by atoms with Crippen molar-refractivity contribution < 1.29 is 4.79 Å². The van der Waals surface area contributed by atoms with Crippen molar-refractivity contribution in [2.24, 2.45) is 11.0 Å². The molecule has 152 valence electrons. The van der Waals surface area contributed by atoms with Crippen LogP contribution < -0.4 is 5.43 Å². The van der Waals surface area contributed by atoms with Crippen molar-refractivity contribution >= 4 is 12.1 Å². The summed E-state index contributed by atoms with van der Waals surface area (Å²) < 4.78 is 0. The zero-order valence-electron chi connectivity index (χ0n) is 16.9. The molecular formula is C26H22N4O. The molecule has 1 atom stereocenters.